The summed E-state index contributed by atoms with van der Waals surface area (Å²) >= 11 is 0. The Kier molecular flexibility index (Phi) is 6.53. The van der Waals surface area contributed by atoms with Crippen molar-refractivity contribution >= 4 is 17.5 Å². The van der Waals surface area contributed by atoms with Crippen LogP contribution in [0.3, 0.4) is 0 Å². The van der Waals surface area contributed by atoms with Gasteiger partial charge in [0.2, 0.25) is 5.95 Å². The van der Waals surface area contributed by atoms with Crippen molar-refractivity contribution < 1.29 is 4.79 Å². The third-order valence-corrected chi connectivity index (χ3v) is 6.63. The molecule has 2 aliphatic heterocycles. The number of nitrogens with zero attached hydrogens (tertiary/aromatic N) is 4. The Hall–Kier alpha value is -3.17. The number of aryl methyl sites for hydroxylation is 2. The van der Waals surface area contributed by atoms with Crippen LogP contribution in [0.5, 0.6) is 0 Å². The van der Waals surface area contributed by atoms with E-state index in [1.807, 2.05) is 11.1 Å². The molecule has 4 rings (SSSR count). The third kappa shape index (κ3) is 4.94. The molecule has 3 heterocycles. The Morgan fingerprint density at radius 3 is 2.58 bits per heavy atom. The number of nitrogens with two attached hydrogens (primary N) is 2. The Morgan fingerprint density at radius 2 is 1.91 bits per heavy atom. The van der Waals surface area contributed by atoms with Gasteiger partial charge in [-0.25, -0.2) is 9.97 Å². The van der Waals surface area contributed by atoms with Gasteiger partial charge in [-0.05, 0) is 63.8 Å². The minimum atomic E-state index is -0.158. The van der Waals surface area contributed by atoms with E-state index in [1.165, 1.54) is 16.7 Å². The molecule has 0 unspecified atom stereocenters. The molecule has 0 bridgehead atoms. The molecule has 0 radical (unpaired) electrons. The summed E-state index contributed by atoms with van der Waals surface area (Å²) in [6, 6.07) is 6.82. The lowest BCUT2D eigenvalue weighted by Gasteiger charge is -2.41. The number of hydrogen-bond acceptors (Lipinski definition) is 8. The van der Waals surface area contributed by atoms with Crippen molar-refractivity contribution in [2.24, 2.45) is 11.6 Å². The highest BCUT2D eigenvalue weighted by molar-refractivity contribution is 5.93. The second kappa shape index (κ2) is 9.36. The first kappa shape index (κ1) is 23.0. The van der Waals surface area contributed by atoms with E-state index < -0.39 is 0 Å². The van der Waals surface area contributed by atoms with Gasteiger partial charge in [-0.2, -0.15) is 0 Å². The topological polar surface area (TPSA) is 125 Å². The first-order valence-corrected chi connectivity index (χ1v) is 11.4. The Bertz CT molecular complexity index is 1060. The average molecular weight is 451 g/mol. The normalized spacial score (nSPS) is 21.4. The first-order chi connectivity index (χ1) is 15.7. The van der Waals surface area contributed by atoms with Gasteiger partial charge >= 0.3 is 0 Å². The maximum atomic E-state index is 12.8. The maximum absolute atomic E-state index is 12.8. The smallest absolute Gasteiger partial charge is 0.271 e. The van der Waals surface area contributed by atoms with Gasteiger partial charge in [-0.3, -0.25) is 15.5 Å². The maximum Gasteiger partial charge on any atom is 0.271 e. The van der Waals surface area contributed by atoms with Crippen LogP contribution in [0.25, 0.3) is 0 Å². The molecule has 1 saturated heterocycles. The van der Waals surface area contributed by atoms with Gasteiger partial charge in [-0.15, -0.1) is 0 Å². The molecule has 9 heteroatoms. The number of aromatic nitrogens is 2. The van der Waals surface area contributed by atoms with Crippen molar-refractivity contribution in [3.63, 3.8) is 0 Å². The summed E-state index contributed by atoms with van der Waals surface area (Å²) in [5.74, 6) is 5.87. The van der Waals surface area contributed by atoms with E-state index in [4.69, 9.17) is 16.6 Å². The lowest BCUT2D eigenvalue weighted by atomic mass is 9.96. The van der Waals surface area contributed by atoms with Crippen LogP contribution in [0, 0.1) is 13.8 Å². The highest BCUT2D eigenvalue weighted by atomic mass is 16.2. The SMILES string of the molecule is C/C(NN)=C(/N)C(=O)N1CC[C@@H](N2Cc3cnc(Nc4cc(C)cc(C)c4)nc3C2)C[C@H]1C. The van der Waals surface area contributed by atoms with Gasteiger partial charge in [0.1, 0.15) is 5.70 Å². The zero-order valence-corrected chi connectivity index (χ0v) is 19.9. The predicted octanol–water partition coefficient (Wildman–Crippen LogP) is 2.19. The molecule has 0 spiro atoms. The van der Waals surface area contributed by atoms with Crippen LogP contribution >= 0.6 is 0 Å². The van der Waals surface area contributed by atoms with Crippen LogP contribution in [0.4, 0.5) is 11.6 Å². The number of carbonyl (C=O) groups excluding carboxylic acids is 1. The predicted molar refractivity (Wildman–Crippen MR) is 129 cm³/mol. The van der Waals surface area contributed by atoms with Crippen LogP contribution < -0.4 is 22.3 Å². The van der Waals surface area contributed by atoms with Crippen LogP contribution in [0.2, 0.25) is 0 Å². The number of carbonyl (C=O) groups is 1. The number of benzene rings is 1. The van der Waals surface area contributed by atoms with E-state index in [2.05, 4.69) is 59.6 Å². The number of hydrazine groups is 1. The van der Waals surface area contributed by atoms with Crippen LogP contribution in [-0.2, 0) is 17.9 Å². The molecule has 1 aromatic heterocycles. The van der Waals surface area contributed by atoms with Crippen LogP contribution in [0.15, 0.2) is 35.8 Å². The molecule has 6 N–H and O–H groups in total. The number of nitrogens with one attached hydrogen (secondary N) is 2. The molecular formula is C24H34N8O. The quantitative estimate of drug-likeness (QED) is 0.310. The van der Waals surface area contributed by atoms with Crippen molar-refractivity contribution in [1.82, 2.24) is 25.2 Å². The summed E-state index contributed by atoms with van der Waals surface area (Å²) in [5.41, 5.74) is 14.8. The fourth-order valence-corrected chi connectivity index (χ4v) is 4.85. The van der Waals surface area contributed by atoms with Gasteiger partial charge in [0.25, 0.3) is 5.91 Å². The van der Waals surface area contributed by atoms with Crippen molar-refractivity contribution in [3.8, 4) is 0 Å². The summed E-state index contributed by atoms with van der Waals surface area (Å²) in [4.78, 5) is 26.4. The average Bonchev–Trinajstić information content (AvgIpc) is 3.20. The first-order valence-electron chi connectivity index (χ1n) is 11.4. The molecule has 33 heavy (non-hydrogen) atoms. The molecule has 2 aromatic rings. The fraction of sp³-hybridized carbons (Fsp3) is 0.458. The number of amides is 1. The summed E-state index contributed by atoms with van der Waals surface area (Å²) < 4.78 is 0. The minimum absolute atomic E-state index is 0.0944. The van der Waals surface area contributed by atoms with Gasteiger partial charge in [0.15, 0.2) is 0 Å². The Balaban J connectivity index is 1.40. The van der Waals surface area contributed by atoms with Gasteiger partial charge in [0.05, 0.1) is 11.4 Å². The molecule has 2 atom stereocenters. The number of likely N-dealkylation sites (tertiary alicyclic amines) is 1. The van der Waals surface area contributed by atoms with E-state index in [0.29, 0.717) is 24.2 Å². The fourth-order valence-electron chi connectivity index (χ4n) is 4.85. The van der Waals surface area contributed by atoms with Gasteiger partial charge in [0, 0.05) is 49.2 Å². The van der Waals surface area contributed by atoms with Crippen molar-refractivity contribution in [3.05, 3.63) is 58.2 Å². The molecule has 1 aromatic carbocycles. The minimum Gasteiger partial charge on any atom is -0.393 e. The molecule has 9 nitrogen and oxygen atoms in total. The largest absolute Gasteiger partial charge is 0.393 e. The monoisotopic (exact) mass is 450 g/mol. The zero-order valence-electron chi connectivity index (χ0n) is 19.9. The summed E-state index contributed by atoms with van der Waals surface area (Å²) in [6.07, 6.45) is 3.72. The number of allylic oxidation sites excluding steroid dienone is 1. The van der Waals surface area contributed by atoms with Crippen molar-refractivity contribution in [1.29, 1.82) is 0 Å². The lowest BCUT2D eigenvalue weighted by molar-refractivity contribution is -0.131. The van der Waals surface area contributed by atoms with Crippen molar-refractivity contribution in [2.75, 3.05) is 11.9 Å². The second-order valence-corrected chi connectivity index (χ2v) is 9.28. The third-order valence-electron chi connectivity index (χ3n) is 6.63. The Morgan fingerprint density at radius 1 is 1.18 bits per heavy atom. The molecular weight excluding hydrogens is 416 g/mol. The molecule has 1 amide bonds. The van der Waals surface area contributed by atoms with Crippen LogP contribution in [0.1, 0.15) is 49.1 Å². The van der Waals surface area contributed by atoms with Gasteiger partial charge < -0.3 is 21.4 Å². The standard InChI is InChI=1S/C24H34N8O/c1-14-7-15(2)9-19(8-14)28-24-27-11-18-12-31(13-21(18)29-24)20-5-6-32(16(3)10-20)23(33)22(25)17(4)30-26/h7-9,11,16,20,30H,5-6,10,12-13,25-26H2,1-4H3,(H,27,28,29)/b22-17-/t16-,20-/m1/s1. The van der Waals surface area contributed by atoms with E-state index in [1.54, 1.807) is 6.92 Å². The van der Waals surface area contributed by atoms with E-state index in [-0.39, 0.29) is 17.6 Å². The number of rotatable bonds is 5. The van der Waals surface area contributed by atoms with Crippen LogP contribution in [-0.4, -0.2) is 44.3 Å². The van der Waals surface area contributed by atoms with Gasteiger partial charge in [-0.1, -0.05) is 6.07 Å². The van der Waals surface area contributed by atoms with Crippen molar-refractivity contribution in [2.45, 2.75) is 65.7 Å². The number of hydrogen-bond donors (Lipinski definition) is 4. The Labute approximate surface area is 195 Å². The van der Waals surface area contributed by atoms with E-state index in [0.717, 1.165) is 37.3 Å². The number of fused-ring (bicyclic) bond motifs is 1. The summed E-state index contributed by atoms with van der Waals surface area (Å²) in [6.45, 7) is 10.3. The number of anilines is 2. The van der Waals surface area contributed by atoms with E-state index >= 15 is 0 Å². The molecule has 1 fully saturated rings. The summed E-state index contributed by atoms with van der Waals surface area (Å²) in [7, 11) is 0. The zero-order chi connectivity index (χ0) is 23.7. The van der Waals surface area contributed by atoms with E-state index in [9.17, 15) is 4.79 Å². The highest BCUT2D eigenvalue weighted by Crippen LogP contribution is 2.30. The second-order valence-electron chi connectivity index (χ2n) is 9.28. The summed E-state index contributed by atoms with van der Waals surface area (Å²) in [5, 5.41) is 3.34. The molecule has 0 aliphatic carbocycles. The molecule has 0 saturated carbocycles. The molecule has 176 valence electrons. The molecule has 2 aliphatic rings. The number of piperidine rings is 1. The highest BCUT2D eigenvalue weighted by Gasteiger charge is 2.35. The lowest BCUT2D eigenvalue weighted by Crippen LogP contribution is -2.51.